The number of carboxylic acid groups (broad SMARTS) is 1. The third-order valence-electron chi connectivity index (χ3n) is 4.34. The number of carbonyl (C=O) groups is 2. The number of hydrogen-bond acceptors (Lipinski definition) is 4. The van der Waals surface area contributed by atoms with Gasteiger partial charge in [0.15, 0.2) is 0 Å². The largest absolute Gasteiger partial charge is 0.495 e. The normalized spacial score (nSPS) is 12.0. The molecule has 1 amide bonds. The Bertz CT molecular complexity index is 1010. The number of rotatable bonds is 6. The van der Waals surface area contributed by atoms with Crippen molar-refractivity contribution in [3.63, 3.8) is 0 Å². The van der Waals surface area contributed by atoms with Crippen LogP contribution >= 0.6 is 22.9 Å². The number of thiophene rings is 1. The zero-order valence-corrected chi connectivity index (χ0v) is 16.4. The quantitative estimate of drug-likeness (QED) is 0.601. The van der Waals surface area contributed by atoms with Crippen molar-refractivity contribution in [2.24, 2.45) is 5.92 Å². The number of aromatic carboxylic acids is 1. The molecule has 1 unspecified atom stereocenters. The molecule has 0 bridgehead atoms. The fourth-order valence-electron chi connectivity index (χ4n) is 2.87. The lowest BCUT2D eigenvalue weighted by atomic mass is 9.97. The van der Waals surface area contributed by atoms with Crippen molar-refractivity contribution in [1.82, 2.24) is 0 Å². The molecular formula is C20H18ClNO4S. The second kappa shape index (κ2) is 7.98. The standard InChI is InChI=1S/C20H18ClNO4S/c1-11(19(23)22-16-10-27-9-15(16)20(24)25)7-12-3-5-14-13(8-12)4-6-17(26-2)18(14)21/h3-6,8-11H,7H2,1-2H3,(H,22,23)(H,24,25). The van der Waals surface area contributed by atoms with Crippen molar-refractivity contribution in [3.8, 4) is 5.75 Å². The molecule has 0 aliphatic carbocycles. The van der Waals surface area contributed by atoms with Gasteiger partial charge in [-0.25, -0.2) is 4.79 Å². The van der Waals surface area contributed by atoms with Gasteiger partial charge in [0.1, 0.15) is 5.75 Å². The van der Waals surface area contributed by atoms with Crippen molar-refractivity contribution in [3.05, 3.63) is 57.2 Å². The van der Waals surface area contributed by atoms with Crippen LogP contribution in [-0.2, 0) is 11.2 Å². The molecule has 0 radical (unpaired) electrons. The second-order valence-corrected chi connectivity index (χ2v) is 7.36. The number of methoxy groups -OCH3 is 1. The topological polar surface area (TPSA) is 75.6 Å². The van der Waals surface area contributed by atoms with Gasteiger partial charge in [-0.3, -0.25) is 4.79 Å². The minimum atomic E-state index is -1.05. The summed E-state index contributed by atoms with van der Waals surface area (Å²) in [5.41, 5.74) is 1.44. The Hall–Kier alpha value is -2.57. The lowest BCUT2D eigenvalue weighted by Gasteiger charge is -2.13. The smallest absolute Gasteiger partial charge is 0.338 e. The number of fused-ring (bicyclic) bond motifs is 1. The molecule has 140 valence electrons. The van der Waals surface area contributed by atoms with E-state index < -0.39 is 5.97 Å². The Morgan fingerprint density at radius 3 is 2.74 bits per heavy atom. The molecule has 3 aromatic rings. The molecule has 1 heterocycles. The summed E-state index contributed by atoms with van der Waals surface area (Å²) < 4.78 is 5.23. The van der Waals surface area contributed by atoms with Gasteiger partial charge in [-0.15, -0.1) is 11.3 Å². The van der Waals surface area contributed by atoms with E-state index in [0.29, 0.717) is 22.9 Å². The highest BCUT2D eigenvalue weighted by Crippen LogP contribution is 2.33. The zero-order valence-electron chi connectivity index (χ0n) is 14.8. The number of benzene rings is 2. The lowest BCUT2D eigenvalue weighted by molar-refractivity contribution is -0.119. The first-order valence-electron chi connectivity index (χ1n) is 8.26. The summed E-state index contributed by atoms with van der Waals surface area (Å²) in [7, 11) is 1.57. The number of halogens is 1. The highest BCUT2D eigenvalue weighted by atomic mass is 35.5. The van der Waals surface area contributed by atoms with Crippen LogP contribution in [0.2, 0.25) is 5.02 Å². The predicted molar refractivity (Wildman–Crippen MR) is 108 cm³/mol. The average molecular weight is 404 g/mol. The minimum absolute atomic E-state index is 0.106. The van der Waals surface area contributed by atoms with Crippen LogP contribution in [0.25, 0.3) is 10.8 Å². The Kier molecular flexibility index (Phi) is 5.68. The number of amides is 1. The number of anilines is 1. The first-order chi connectivity index (χ1) is 12.9. The number of hydrogen-bond donors (Lipinski definition) is 2. The molecule has 0 saturated heterocycles. The molecule has 0 fully saturated rings. The third kappa shape index (κ3) is 4.07. The van der Waals surface area contributed by atoms with Gasteiger partial charge in [0.05, 0.1) is 23.4 Å². The molecule has 0 spiro atoms. The van der Waals surface area contributed by atoms with E-state index in [2.05, 4.69) is 5.32 Å². The van der Waals surface area contributed by atoms with Crippen molar-refractivity contribution in [1.29, 1.82) is 0 Å². The van der Waals surface area contributed by atoms with Crippen LogP contribution in [0.1, 0.15) is 22.8 Å². The summed E-state index contributed by atoms with van der Waals surface area (Å²) in [6.07, 6.45) is 0.526. The molecule has 2 aromatic carbocycles. The Morgan fingerprint density at radius 1 is 1.26 bits per heavy atom. The van der Waals surface area contributed by atoms with Gasteiger partial charge in [0, 0.05) is 22.1 Å². The van der Waals surface area contributed by atoms with Crippen molar-refractivity contribution in [2.75, 3.05) is 12.4 Å². The number of carboxylic acids is 1. The Morgan fingerprint density at radius 2 is 2.04 bits per heavy atom. The maximum Gasteiger partial charge on any atom is 0.338 e. The second-order valence-electron chi connectivity index (χ2n) is 6.24. The van der Waals surface area contributed by atoms with Gasteiger partial charge in [0.25, 0.3) is 0 Å². The molecule has 5 nitrogen and oxygen atoms in total. The van der Waals surface area contributed by atoms with E-state index in [1.807, 2.05) is 37.3 Å². The van der Waals surface area contributed by atoms with Crippen molar-refractivity contribution < 1.29 is 19.4 Å². The van der Waals surface area contributed by atoms with E-state index in [9.17, 15) is 9.59 Å². The van der Waals surface area contributed by atoms with Crippen LogP contribution in [0.5, 0.6) is 5.75 Å². The number of nitrogens with one attached hydrogen (secondary N) is 1. The van der Waals surface area contributed by atoms with Crippen LogP contribution < -0.4 is 10.1 Å². The molecule has 2 N–H and O–H groups in total. The molecular weight excluding hydrogens is 386 g/mol. The van der Waals surface area contributed by atoms with Gasteiger partial charge in [-0.2, -0.15) is 0 Å². The van der Waals surface area contributed by atoms with E-state index in [1.165, 1.54) is 16.7 Å². The van der Waals surface area contributed by atoms with Crippen molar-refractivity contribution in [2.45, 2.75) is 13.3 Å². The first-order valence-corrected chi connectivity index (χ1v) is 9.58. The average Bonchev–Trinajstić information content (AvgIpc) is 3.10. The molecule has 0 saturated carbocycles. The van der Waals surface area contributed by atoms with Gasteiger partial charge in [0.2, 0.25) is 5.91 Å². The van der Waals surface area contributed by atoms with Crippen LogP contribution in [-0.4, -0.2) is 24.1 Å². The van der Waals surface area contributed by atoms with Gasteiger partial charge in [-0.1, -0.05) is 42.8 Å². The highest BCUT2D eigenvalue weighted by Gasteiger charge is 2.18. The summed E-state index contributed by atoms with van der Waals surface area (Å²) in [6, 6.07) is 9.59. The maximum atomic E-state index is 12.5. The molecule has 1 aromatic heterocycles. The highest BCUT2D eigenvalue weighted by molar-refractivity contribution is 7.08. The zero-order chi connectivity index (χ0) is 19.6. The summed E-state index contributed by atoms with van der Waals surface area (Å²) in [5, 5.41) is 17.4. The van der Waals surface area contributed by atoms with Crippen LogP contribution in [0.3, 0.4) is 0 Å². The van der Waals surface area contributed by atoms with E-state index >= 15 is 0 Å². The maximum absolute atomic E-state index is 12.5. The van der Waals surface area contributed by atoms with E-state index in [4.69, 9.17) is 21.4 Å². The fourth-order valence-corrected chi connectivity index (χ4v) is 3.93. The molecule has 3 rings (SSSR count). The Labute approximate surface area is 165 Å². The van der Waals surface area contributed by atoms with Gasteiger partial charge >= 0.3 is 5.97 Å². The van der Waals surface area contributed by atoms with Crippen LogP contribution in [0.15, 0.2) is 41.1 Å². The molecule has 0 aliphatic heterocycles. The SMILES string of the molecule is COc1ccc2cc(CC(C)C(=O)Nc3cscc3C(=O)O)ccc2c1Cl. The predicted octanol–water partition coefficient (Wildman–Crippen LogP) is 5.08. The minimum Gasteiger partial charge on any atom is -0.495 e. The van der Waals surface area contributed by atoms with Gasteiger partial charge in [-0.05, 0) is 23.4 Å². The monoisotopic (exact) mass is 403 g/mol. The Balaban J connectivity index is 1.75. The number of carbonyl (C=O) groups excluding carboxylic acids is 1. The molecule has 27 heavy (non-hydrogen) atoms. The molecule has 0 aliphatic rings. The van der Waals surface area contributed by atoms with Crippen LogP contribution in [0, 0.1) is 5.92 Å². The van der Waals surface area contributed by atoms with Crippen molar-refractivity contribution >= 4 is 51.3 Å². The van der Waals surface area contributed by atoms with Crippen LogP contribution in [0.4, 0.5) is 5.69 Å². The summed E-state index contributed by atoms with van der Waals surface area (Å²) in [4.78, 5) is 23.6. The van der Waals surface area contributed by atoms with E-state index in [-0.39, 0.29) is 17.4 Å². The molecule has 1 atom stereocenters. The third-order valence-corrected chi connectivity index (χ3v) is 5.48. The summed E-state index contributed by atoms with van der Waals surface area (Å²) in [5.74, 6) is -0.975. The van der Waals surface area contributed by atoms with Gasteiger partial charge < -0.3 is 15.2 Å². The first kappa shape index (κ1) is 19.2. The number of ether oxygens (including phenoxy) is 1. The van der Waals surface area contributed by atoms with E-state index in [0.717, 1.165) is 16.3 Å². The molecule has 7 heteroatoms. The van der Waals surface area contributed by atoms with E-state index in [1.54, 1.807) is 12.5 Å². The summed E-state index contributed by atoms with van der Waals surface area (Å²) in [6.45, 7) is 1.81. The summed E-state index contributed by atoms with van der Waals surface area (Å²) >= 11 is 7.57. The fraction of sp³-hybridized carbons (Fsp3) is 0.200. The lowest BCUT2D eigenvalue weighted by Crippen LogP contribution is -2.22.